The summed E-state index contributed by atoms with van der Waals surface area (Å²) in [4.78, 5) is 24.7. The number of aliphatic hydroxyl groups is 2. The van der Waals surface area contributed by atoms with Crippen molar-refractivity contribution in [1.82, 2.24) is 0 Å². The van der Waals surface area contributed by atoms with Gasteiger partial charge in [0.05, 0.1) is 12.2 Å². The predicted octanol–water partition coefficient (Wildman–Crippen LogP) is 2.80. The molecule has 8 nitrogen and oxygen atoms in total. The molecule has 0 spiro atoms. The van der Waals surface area contributed by atoms with Gasteiger partial charge in [-0.25, -0.2) is 9.59 Å². The van der Waals surface area contributed by atoms with E-state index < -0.39 is 54.0 Å². The molecule has 0 aromatic carbocycles. The fourth-order valence-electron chi connectivity index (χ4n) is 6.50. The lowest BCUT2D eigenvalue weighted by molar-refractivity contribution is -0.165. The molecule has 4 rings (SSSR count). The average Bonchev–Trinajstić information content (AvgIpc) is 3.43. The first-order chi connectivity index (χ1) is 17.0. The molecule has 1 saturated heterocycles. The number of hydrogen-bond acceptors (Lipinski definition) is 7. The first-order valence-corrected chi connectivity index (χ1v) is 12.8. The lowest BCUT2D eigenvalue weighted by Crippen LogP contribution is -2.57. The van der Waals surface area contributed by atoms with Gasteiger partial charge < -0.3 is 29.5 Å². The molecule has 0 amide bonds. The van der Waals surface area contributed by atoms with Crippen LogP contribution < -0.4 is 0 Å². The molecule has 1 heterocycles. The van der Waals surface area contributed by atoms with Gasteiger partial charge in [-0.15, -0.1) is 0 Å². The van der Waals surface area contributed by atoms with Crippen LogP contribution in [0.15, 0.2) is 47.6 Å². The zero-order valence-electron chi connectivity index (χ0n) is 21.5. The third kappa shape index (κ3) is 4.38. The van der Waals surface area contributed by atoms with E-state index in [1.807, 2.05) is 51.2 Å². The predicted molar refractivity (Wildman–Crippen MR) is 132 cm³/mol. The normalized spacial score (nSPS) is 39.5. The summed E-state index contributed by atoms with van der Waals surface area (Å²) in [7, 11) is 1.37. The van der Waals surface area contributed by atoms with E-state index in [0.717, 1.165) is 5.57 Å². The van der Waals surface area contributed by atoms with Crippen LogP contribution in [-0.2, 0) is 23.8 Å². The van der Waals surface area contributed by atoms with E-state index in [0.29, 0.717) is 12.0 Å². The lowest BCUT2D eigenvalue weighted by Gasteiger charge is -2.48. The zero-order valence-corrected chi connectivity index (χ0v) is 21.5. The maximum absolute atomic E-state index is 12.9. The highest BCUT2D eigenvalue weighted by Gasteiger charge is 2.68. The van der Waals surface area contributed by atoms with Crippen molar-refractivity contribution < 1.29 is 39.1 Å². The molecule has 0 aromatic rings. The van der Waals surface area contributed by atoms with Crippen LogP contribution >= 0.6 is 0 Å². The molecule has 0 radical (unpaired) electrons. The number of hydrogen-bond donors (Lipinski definition) is 3. The minimum absolute atomic E-state index is 0.149. The van der Waals surface area contributed by atoms with Crippen molar-refractivity contribution in [3.8, 4) is 0 Å². The Morgan fingerprint density at radius 3 is 2.61 bits per heavy atom. The second-order valence-electron chi connectivity index (χ2n) is 10.8. The summed E-state index contributed by atoms with van der Waals surface area (Å²) in [6.07, 6.45) is 8.34. The molecule has 11 atom stereocenters. The fraction of sp³-hybridized carbons (Fsp3) is 0.643. The molecule has 1 aliphatic heterocycles. The number of esters is 1. The van der Waals surface area contributed by atoms with Gasteiger partial charge in [0, 0.05) is 42.3 Å². The van der Waals surface area contributed by atoms with Crippen molar-refractivity contribution in [3.05, 3.63) is 47.6 Å². The van der Waals surface area contributed by atoms with E-state index in [-0.39, 0.29) is 30.1 Å². The standard InChI is InChI=1S/C28H38O8/c1-14(17(4)29)12-15(2)28-19(13-21(34-5)26(31)32)10-11-20-22(28)23(30)16(3)24(25(20)36-28)35-27(33)18-8-6-7-9-18/h6-8,10-12,14,16-17,19-25,29-30H,9,13H2,1-5H3,(H,31,32)/b15-12+/t14-,16-,17?,19-,20-,21+,22+,23-,24-,25-,28+/m1/s1. The van der Waals surface area contributed by atoms with Crippen LogP contribution in [0, 0.1) is 29.6 Å². The molecule has 2 fully saturated rings. The molecule has 3 N–H and O–H groups in total. The van der Waals surface area contributed by atoms with Crippen LogP contribution in [-0.4, -0.2) is 70.5 Å². The van der Waals surface area contributed by atoms with E-state index in [1.165, 1.54) is 7.11 Å². The number of carboxylic acids is 1. The Morgan fingerprint density at radius 1 is 1.31 bits per heavy atom. The first kappa shape index (κ1) is 26.8. The SMILES string of the molecule is CO[C@@H](C[C@H]1C=C[C@H]2[C@H]3O[C@]1(/C(C)=C/[C@@H](C)C(C)O)[C@@H]2[C@H](O)[C@@H](C)[C@H]3OC(=O)C1=CC=CC1)C(=O)O. The number of carbonyl (C=O) groups excluding carboxylic acids is 1. The summed E-state index contributed by atoms with van der Waals surface area (Å²) in [6, 6.07) is 0. The Bertz CT molecular complexity index is 994. The maximum atomic E-state index is 12.9. The van der Waals surface area contributed by atoms with Gasteiger partial charge in [-0.05, 0) is 32.3 Å². The van der Waals surface area contributed by atoms with Gasteiger partial charge in [0.1, 0.15) is 17.8 Å². The summed E-state index contributed by atoms with van der Waals surface area (Å²) in [5.41, 5.74) is 0.362. The minimum Gasteiger partial charge on any atom is -0.479 e. The minimum atomic E-state index is -1.07. The number of methoxy groups -OCH3 is 1. The van der Waals surface area contributed by atoms with Crippen molar-refractivity contribution in [3.63, 3.8) is 0 Å². The summed E-state index contributed by atoms with van der Waals surface area (Å²) < 4.78 is 18.1. The van der Waals surface area contributed by atoms with Gasteiger partial charge >= 0.3 is 11.9 Å². The van der Waals surface area contributed by atoms with Gasteiger partial charge in [-0.1, -0.05) is 50.3 Å². The van der Waals surface area contributed by atoms with E-state index in [4.69, 9.17) is 14.2 Å². The van der Waals surface area contributed by atoms with Crippen molar-refractivity contribution in [1.29, 1.82) is 0 Å². The Kier molecular flexibility index (Phi) is 7.62. The molecule has 1 unspecified atom stereocenters. The number of ether oxygens (including phenoxy) is 3. The van der Waals surface area contributed by atoms with Crippen LogP contribution in [0.4, 0.5) is 0 Å². The van der Waals surface area contributed by atoms with Gasteiger partial charge in [-0.2, -0.15) is 0 Å². The highest BCUT2D eigenvalue weighted by Crippen LogP contribution is 2.61. The molecule has 4 bridgehead atoms. The number of aliphatic hydroxyl groups excluding tert-OH is 2. The second kappa shape index (κ2) is 10.2. The number of aliphatic carboxylic acids is 1. The van der Waals surface area contributed by atoms with Gasteiger partial charge in [0.2, 0.25) is 0 Å². The van der Waals surface area contributed by atoms with Crippen molar-refractivity contribution in [2.24, 2.45) is 29.6 Å². The van der Waals surface area contributed by atoms with Crippen LogP contribution in [0.25, 0.3) is 0 Å². The Morgan fingerprint density at radius 2 is 2.03 bits per heavy atom. The quantitative estimate of drug-likeness (QED) is 0.325. The third-order valence-corrected chi connectivity index (χ3v) is 8.68. The number of carboxylic acid groups (broad SMARTS) is 1. The van der Waals surface area contributed by atoms with Crippen molar-refractivity contribution in [2.75, 3.05) is 7.11 Å². The summed E-state index contributed by atoms with van der Waals surface area (Å²) in [5, 5.41) is 31.5. The monoisotopic (exact) mass is 502 g/mol. The Labute approximate surface area is 212 Å². The van der Waals surface area contributed by atoms with Gasteiger partial charge in [0.25, 0.3) is 0 Å². The first-order valence-electron chi connectivity index (χ1n) is 12.8. The molecule has 3 aliphatic carbocycles. The highest BCUT2D eigenvalue weighted by molar-refractivity contribution is 5.90. The summed E-state index contributed by atoms with van der Waals surface area (Å²) in [6.45, 7) is 7.40. The van der Waals surface area contributed by atoms with Crippen LogP contribution in [0.2, 0.25) is 0 Å². The average molecular weight is 503 g/mol. The van der Waals surface area contributed by atoms with Crippen molar-refractivity contribution in [2.45, 2.75) is 76.7 Å². The van der Waals surface area contributed by atoms with E-state index in [9.17, 15) is 24.9 Å². The molecule has 36 heavy (non-hydrogen) atoms. The van der Waals surface area contributed by atoms with Gasteiger partial charge in [0.15, 0.2) is 6.10 Å². The lowest BCUT2D eigenvalue weighted by atomic mass is 9.57. The fourth-order valence-corrected chi connectivity index (χ4v) is 6.50. The zero-order chi connectivity index (χ0) is 26.4. The third-order valence-electron chi connectivity index (χ3n) is 8.68. The highest BCUT2D eigenvalue weighted by atomic mass is 16.6. The molecular weight excluding hydrogens is 464 g/mol. The van der Waals surface area contributed by atoms with Gasteiger partial charge in [-0.3, -0.25) is 0 Å². The smallest absolute Gasteiger partial charge is 0.334 e. The molecule has 1 saturated carbocycles. The van der Waals surface area contributed by atoms with Crippen LogP contribution in [0.1, 0.15) is 40.5 Å². The summed E-state index contributed by atoms with van der Waals surface area (Å²) >= 11 is 0. The molecule has 8 heteroatoms. The Balaban J connectivity index is 1.75. The molecule has 4 aliphatic rings. The summed E-state index contributed by atoms with van der Waals surface area (Å²) in [5.74, 6) is -3.03. The Hall–Kier alpha value is -2.26. The number of rotatable bonds is 9. The maximum Gasteiger partial charge on any atom is 0.334 e. The van der Waals surface area contributed by atoms with E-state index in [2.05, 4.69) is 0 Å². The van der Waals surface area contributed by atoms with E-state index in [1.54, 1.807) is 13.0 Å². The number of allylic oxidation sites excluding steroid dienone is 3. The number of carbonyl (C=O) groups is 2. The molecule has 0 aromatic heterocycles. The molecular formula is C28H38O8. The second-order valence-corrected chi connectivity index (χ2v) is 10.8. The van der Waals surface area contributed by atoms with Crippen molar-refractivity contribution >= 4 is 11.9 Å². The largest absolute Gasteiger partial charge is 0.479 e. The van der Waals surface area contributed by atoms with Crippen LogP contribution in [0.3, 0.4) is 0 Å². The van der Waals surface area contributed by atoms with Crippen LogP contribution in [0.5, 0.6) is 0 Å². The molecule has 198 valence electrons. The topological polar surface area (TPSA) is 123 Å². The van der Waals surface area contributed by atoms with E-state index >= 15 is 0 Å².